The summed E-state index contributed by atoms with van der Waals surface area (Å²) in [6, 6.07) is 3.09. The Kier molecular flexibility index (Phi) is 5.17. The van der Waals surface area contributed by atoms with Crippen molar-refractivity contribution >= 4 is 33.7 Å². The fourth-order valence-electron chi connectivity index (χ4n) is 3.21. The topological polar surface area (TPSA) is 100 Å². The first-order chi connectivity index (χ1) is 12.0. The molecule has 0 radical (unpaired) electrons. The summed E-state index contributed by atoms with van der Waals surface area (Å²) >= 11 is 3.17. The van der Waals surface area contributed by atoms with Crippen molar-refractivity contribution in [2.24, 2.45) is 11.3 Å². The molecule has 2 saturated carbocycles. The Balaban J connectivity index is 1.58. The number of hydrogen-bond acceptors (Lipinski definition) is 4. The van der Waals surface area contributed by atoms with Crippen molar-refractivity contribution in [2.45, 2.75) is 38.1 Å². The monoisotopic (exact) mass is 411 g/mol. The van der Waals surface area contributed by atoms with Crippen LogP contribution in [0.15, 0.2) is 21.2 Å². The molecule has 1 aromatic heterocycles. The zero-order chi connectivity index (χ0) is 18.0. The molecule has 2 aliphatic carbocycles. The molecule has 2 fully saturated rings. The van der Waals surface area contributed by atoms with E-state index in [1.165, 1.54) is 0 Å². The average Bonchev–Trinajstić information content (AvgIpc) is 3.30. The van der Waals surface area contributed by atoms with E-state index < -0.39 is 5.41 Å². The lowest BCUT2D eigenvalue weighted by molar-refractivity contribution is -0.149. The standard InChI is InChI=1S/C17H22BrN3O4/c1-19-15(23)17(7-2-8-17)16(24)20-9-11(10-3-4-10)21-14(22)12-5-6-13(18)25-12/h5-6,10-11H,2-4,7-9H2,1H3,(H,19,23)(H,20,24)(H,21,22). The lowest BCUT2D eigenvalue weighted by Crippen LogP contribution is -2.56. The SMILES string of the molecule is CNC(=O)C1(C(=O)NCC(NC(=O)c2ccc(Br)o2)C2CC2)CCC1. The zero-order valence-corrected chi connectivity index (χ0v) is 15.6. The Labute approximate surface area is 154 Å². The van der Waals surface area contributed by atoms with Gasteiger partial charge in [-0.25, -0.2) is 0 Å². The molecule has 25 heavy (non-hydrogen) atoms. The Bertz CT molecular complexity index is 679. The highest BCUT2D eigenvalue weighted by Crippen LogP contribution is 2.41. The van der Waals surface area contributed by atoms with Crippen molar-refractivity contribution in [3.8, 4) is 0 Å². The Morgan fingerprint density at radius 3 is 2.48 bits per heavy atom. The van der Waals surface area contributed by atoms with E-state index in [1.807, 2.05) is 0 Å². The van der Waals surface area contributed by atoms with E-state index in [1.54, 1.807) is 19.2 Å². The number of nitrogens with one attached hydrogen (secondary N) is 3. The molecular weight excluding hydrogens is 390 g/mol. The minimum atomic E-state index is -0.946. The molecule has 3 N–H and O–H groups in total. The van der Waals surface area contributed by atoms with E-state index in [9.17, 15) is 14.4 Å². The van der Waals surface area contributed by atoms with Crippen molar-refractivity contribution in [1.82, 2.24) is 16.0 Å². The Hall–Kier alpha value is -1.83. The second-order valence-corrected chi connectivity index (χ2v) is 7.53. The molecule has 1 aromatic rings. The summed E-state index contributed by atoms with van der Waals surface area (Å²) in [5, 5.41) is 8.38. The molecule has 0 bridgehead atoms. The maximum atomic E-state index is 12.5. The lowest BCUT2D eigenvalue weighted by atomic mass is 9.67. The molecule has 0 aromatic carbocycles. The van der Waals surface area contributed by atoms with Gasteiger partial charge in [0.2, 0.25) is 11.8 Å². The number of rotatable bonds is 7. The second-order valence-electron chi connectivity index (χ2n) is 6.75. The van der Waals surface area contributed by atoms with Gasteiger partial charge in [0, 0.05) is 19.6 Å². The van der Waals surface area contributed by atoms with Gasteiger partial charge in [-0.2, -0.15) is 0 Å². The largest absolute Gasteiger partial charge is 0.444 e. The second kappa shape index (κ2) is 7.19. The van der Waals surface area contributed by atoms with Crippen LogP contribution < -0.4 is 16.0 Å². The van der Waals surface area contributed by atoms with Crippen LogP contribution in [0.1, 0.15) is 42.7 Å². The van der Waals surface area contributed by atoms with E-state index in [0.29, 0.717) is 30.0 Å². The number of carbonyl (C=O) groups is 3. The average molecular weight is 412 g/mol. The number of furan rings is 1. The van der Waals surface area contributed by atoms with Crippen LogP contribution >= 0.6 is 15.9 Å². The smallest absolute Gasteiger partial charge is 0.287 e. The minimum absolute atomic E-state index is 0.165. The van der Waals surface area contributed by atoms with Gasteiger partial charge in [0.15, 0.2) is 10.4 Å². The molecule has 2 aliphatic rings. The zero-order valence-electron chi connectivity index (χ0n) is 14.1. The predicted molar refractivity (Wildman–Crippen MR) is 93.7 cm³/mol. The molecule has 136 valence electrons. The van der Waals surface area contributed by atoms with Gasteiger partial charge in [-0.3, -0.25) is 14.4 Å². The quantitative estimate of drug-likeness (QED) is 0.592. The van der Waals surface area contributed by atoms with Crippen LogP contribution in [0.5, 0.6) is 0 Å². The fraction of sp³-hybridized carbons (Fsp3) is 0.588. The molecule has 1 atom stereocenters. The van der Waals surface area contributed by atoms with E-state index in [4.69, 9.17) is 4.42 Å². The molecule has 1 unspecified atom stereocenters. The van der Waals surface area contributed by atoms with Gasteiger partial charge in [0.1, 0.15) is 5.41 Å². The highest BCUT2D eigenvalue weighted by molar-refractivity contribution is 9.10. The molecule has 3 amide bonds. The number of carbonyl (C=O) groups excluding carboxylic acids is 3. The van der Waals surface area contributed by atoms with Gasteiger partial charge in [-0.1, -0.05) is 6.42 Å². The molecule has 1 heterocycles. The van der Waals surface area contributed by atoms with Crippen molar-refractivity contribution in [3.05, 3.63) is 22.6 Å². The van der Waals surface area contributed by atoms with Crippen LogP contribution in [0.3, 0.4) is 0 Å². The van der Waals surface area contributed by atoms with Crippen LogP contribution in [0.4, 0.5) is 0 Å². The Morgan fingerprint density at radius 2 is 2.00 bits per heavy atom. The molecule has 0 aliphatic heterocycles. The maximum absolute atomic E-state index is 12.5. The first-order valence-corrected chi connectivity index (χ1v) is 9.32. The number of hydrogen-bond donors (Lipinski definition) is 3. The first-order valence-electron chi connectivity index (χ1n) is 8.53. The summed E-state index contributed by atoms with van der Waals surface area (Å²) in [5.41, 5.74) is -0.946. The number of halogens is 1. The highest BCUT2D eigenvalue weighted by atomic mass is 79.9. The third kappa shape index (κ3) is 3.73. The third-order valence-electron chi connectivity index (χ3n) is 5.09. The van der Waals surface area contributed by atoms with Crippen molar-refractivity contribution < 1.29 is 18.8 Å². The van der Waals surface area contributed by atoms with Gasteiger partial charge < -0.3 is 20.4 Å². The summed E-state index contributed by atoms with van der Waals surface area (Å²) in [6.07, 6.45) is 4.04. The van der Waals surface area contributed by atoms with Crippen molar-refractivity contribution in [1.29, 1.82) is 0 Å². The summed E-state index contributed by atoms with van der Waals surface area (Å²) < 4.78 is 5.76. The molecule has 3 rings (SSSR count). The number of amides is 3. The molecule has 0 spiro atoms. The fourth-order valence-corrected chi connectivity index (χ4v) is 3.52. The lowest BCUT2D eigenvalue weighted by Gasteiger charge is -2.38. The van der Waals surface area contributed by atoms with Crippen molar-refractivity contribution in [2.75, 3.05) is 13.6 Å². The first kappa shape index (κ1) is 18.0. The van der Waals surface area contributed by atoms with E-state index >= 15 is 0 Å². The summed E-state index contributed by atoms with van der Waals surface area (Å²) in [7, 11) is 1.55. The van der Waals surface area contributed by atoms with E-state index in [-0.39, 0.29) is 29.5 Å². The van der Waals surface area contributed by atoms with Crippen LogP contribution in [0.2, 0.25) is 0 Å². The Morgan fingerprint density at radius 1 is 1.28 bits per heavy atom. The van der Waals surface area contributed by atoms with Gasteiger partial charge in [-0.15, -0.1) is 0 Å². The predicted octanol–water partition coefficient (Wildman–Crippen LogP) is 1.58. The normalized spacial score (nSPS) is 19.4. The van der Waals surface area contributed by atoms with Gasteiger partial charge in [-0.05, 0) is 59.7 Å². The van der Waals surface area contributed by atoms with Crippen LogP contribution in [-0.4, -0.2) is 37.4 Å². The van der Waals surface area contributed by atoms with Crippen LogP contribution in [0.25, 0.3) is 0 Å². The van der Waals surface area contributed by atoms with Crippen molar-refractivity contribution in [3.63, 3.8) is 0 Å². The van der Waals surface area contributed by atoms with Gasteiger partial charge in [0.25, 0.3) is 5.91 Å². The molecule has 0 saturated heterocycles. The van der Waals surface area contributed by atoms with Gasteiger partial charge in [0.05, 0.1) is 0 Å². The maximum Gasteiger partial charge on any atom is 0.287 e. The van der Waals surface area contributed by atoms with Crippen LogP contribution in [-0.2, 0) is 9.59 Å². The van der Waals surface area contributed by atoms with Crippen LogP contribution in [0, 0.1) is 11.3 Å². The summed E-state index contributed by atoms with van der Waals surface area (Å²) in [4.78, 5) is 36.9. The summed E-state index contributed by atoms with van der Waals surface area (Å²) in [6.45, 7) is 0.315. The van der Waals surface area contributed by atoms with E-state index in [0.717, 1.165) is 19.3 Å². The molecular formula is C17H22BrN3O4. The third-order valence-corrected chi connectivity index (χ3v) is 5.52. The molecule has 8 heteroatoms. The van der Waals surface area contributed by atoms with Gasteiger partial charge >= 0.3 is 0 Å². The minimum Gasteiger partial charge on any atom is -0.444 e. The molecule has 7 nitrogen and oxygen atoms in total. The highest BCUT2D eigenvalue weighted by Gasteiger charge is 2.50. The van der Waals surface area contributed by atoms with E-state index in [2.05, 4.69) is 31.9 Å². The summed E-state index contributed by atoms with van der Waals surface area (Å²) in [5.74, 6) is -0.214.